The monoisotopic (exact) mass is 276 g/mol. The first-order chi connectivity index (χ1) is 9.01. The van der Waals surface area contributed by atoms with Gasteiger partial charge in [-0.25, -0.2) is 9.78 Å². The first-order valence-corrected chi connectivity index (χ1v) is 6.90. The third kappa shape index (κ3) is 2.93. The molecule has 0 aliphatic rings. The van der Waals surface area contributed by atoms with Crippen LogP contribution in [0.4, 0.5) is 10.8 Å². The number of carbonyl (C=O) groups is 1. The molecule has 0 bridgehead atoms. The van der Waals surface area contributed by atoms with Crippen LogP contribution in [0.15, 0.2) is 18.2 Å². The molecule has 0 fully saturated rings. The highest BCUT2D eigenvalue weighted by Crippen LogP contribution is 2.26. The molecule has 4 nitrogen and oxygen atoms in total. The van der Waals surface area contributed by atoms with Crippen LogP contribution < -0.4 is 5.32 Å². The molecule has 1 aromatic heterocycles. The smallest absolute Gasteiger partial charge is 0.335 e. The minimum atomic E-state index is -0.901. The molecule has 1 aromatic carbocycles. The minimum Gasteiger partial charge on any atom is -0.478 e. The van der Waals surface area contributed by atoms with Crippen LogP contribution in [0.3, 0.4) is 0 Å². The van der Waals surface area contributed by atoms with Crippen LogP contribution >= 0.6 is 11.3 Å². The molecule has 2 rings (SSSR count). The van der Waals surface area contributed by atoms with Gasteiger partial charge in [-0.3, -0.25) is 0 Å². The van der Waals surface area contributed by atoms with E-state index in [2.05, 4.69) is 24.1 Å². The molecule has 0 amide bonds. The van der Waals surface area contributed by atoms with Gasteiger partial charge in [0.05, 0.1) is 11.3 Å². The molecule has 0 aliphatic carbocycles. The molecule has 2 N–H and O–H groups in total. The molecular formula is C14H16N2O2S. The Labute approximate surface area is 116 Å². The van der Waals surface area contributed by atoms with E-state index in [1.54, 1.807) is 30.4 Å². The lowest BCUT2D eigenvalue weighted by Crippen LogP contribution is -2.00. The van der Waals surface area contributed by atoms with Crippen molar-refractivity contribution in [2.45, 2.75) is 27.2 Å². The first kappa shape index (κ1) is 13.5. The van der Waals surface area contributed by atoms with E-state index in [0.29, 0.717) is 5.56 Å². The molecular weight excluding hydrogens is 260 g/mol. The maximum absolute atomic E-state index is 10.9. The van der Waals surface area contributed by atoms with Crippen molar-refractivity contribution in [2.24, 2.45) is 0 Å². The molecule has 2 aromatic rings. The Bertz CT molecular complexity index is 620. The number of anilines is 2. The maximum atomic E-state index is 10.9. The van der Waals surface area contributed by atoms with Crippen LogP contribution in [0.2, 0.25) is 0 Å². The number of carboxylic acid groups (broad SMARTS) is 1. The van der Waals surface area contributed by atoms with E-state index >= 15 is 0 Å². The van der Waals surface area contributed by atoms with E-state index in [-0.39, 0.29) is 0 Å². The summed E-state index contributed by atoms with van der Waals surface area (Å²) in [6.45, 7) is 5.93. The topological polar surface area (TPSA) is 62.2 Å². The maximum Gasteiger partial charge on any atom is 0.335 e. The Morgan fingerprint density at radius 2 is 2.16 bits per heavy atom. The average Bonchev–Trinajstić information content (AvgIpc) is 2.69. The van der Waals surface area contributed by atoms with Gasteiger partial charge in [-0.05, 0) is 44.0 Å². The van der Waals surface area contributed by atoms with E-state index in [4.69, 9.17) is 5.11 Å². The SMILES string of the molecule is CCc1nc(Nc2ccc(C(=O)O)c(C)c2)sc1C. The van der Waals surface area contributed by atoms with Gasteiger partial charge in [0.1, 0.15) is 0 Å². The zero-order chi connectivity index (χ0) is 14.0. The van der Waals surface area contributed by atoms with Gasteiger partial charge in [0, 0.05) is 10.6 Å². The summed E-state index contributed by atoms with van der Waals surface area (Å²) in [6, 6.07) is 5.20. The summed E-state index contributed by atoms with van der Waals surface area (Å²) in [5.41, 5.74) is 3.03. The summed E-state index contributed by atoms with van der Waals surface area (Å²) < 4.78 is 0. The van der Waals surface area contributed by atoms with Crippen LogP contribution in [-0.2, 0) is 6.42 Å². The Hall–Kier alpha value is -1.88. The Kier molecular flexibility index (Phi) is 3.85. The number of hydrogen-bond donors (Lipinski definition) is 2. The second kappa shape index (κ2) is 5.40. The Morgan fingerprint density at radius 1 is 1.42 bits per heavy atom. The highest BCUT2D eigenvalue weighted by Gasteiger charge is 2.09. The molecule has 0 spiro atoms. The number of hydrogen-bond acceptors (Lipinski definition) is 4. The van der Waals surface area contributed by atoms with Gasteiger partial charge in [0.15, 0.2) is 5.13 Å². The average molecular weight is 276 g/mol. The fourth-order valence-electron chi connectivity index (χ4n) is 1.91. The molecule has 5 heteroatoms. The molecule has 100 valence electrons. The molecule has 0 aliphatic heterocycles. The number of carboxylic acids is 1. The first-order valence-electron chi connectivity index (χ1n) is 6.08. The van der Waals surface area contributed by atoms with Gasteiger partial charge in [-0.15, -0.1) is 11.3 Å². The summed E-state index contributed by atoms with van der Waals surface area (Å²) in [7, 11) is 0. The molecule has 19 heavy (non-hydrogen) atoms. The highest BCUT2D eigenvalue weighted by atomic mass is 32.1. The zero-order valence-corrected chi connectivity index (χ0v) is 12.0. The Morgan fingerprint density at radius 3 is 2.68 bits per heavy atom. The van der Waals surface area contributed by atoms with Crippen LogP contribution in [0.1, 0.15) is 33.4 Å². The predicted molar refractivity (Wildman–Crippen MR) is 77.7 cm³/mol. The molecule has 0 saturated heterocycles. The van der Waals surface area contributed by atoms with Crippen molar-refractivity contribution in [2.75, 3.05) is 5.32 Å². The number of aromatic carboxylic acids is 1. The number of rotatable bonds is 4. The van der Waals surface area contributed by atoms with Gasteiger partial charge >= 0.3 is 5.97 Å². The number of thiazole rings is 1. The fraction of sp³-hybridized carbons (Fsp3) is 0.286. The molecule has 0 unspecified atom stereocenters. The van der Waals surface area contributed by atoms with Crippen LogP contribution in [0.25, 0.3) is 0 Å². The van der Waals surface area contributed by atoms with Gasteiger partial charge in [0.2, 0.25) is 0 Å². The van der Waals surface area contributed by atoms with Crippen molar-refractivity contribution in [3.63, 3.8) is 0 Å². The number of aromatic nitrogens is 1. The van der Waals surface area contributed by atoms with Crippen molar-refractivity contribution in [3.8, 4) is 0 Å². The van der Waals surface area contributed by atoms with Crippen LogP contribution in [0.5, 0.6) is 0 Å². The van der Waals surface area contributed by atoms with Gasteiger partial charge in [-0.1, -0.05) is 6.92 Å². The number of nitrogens with one attached hydrogen (secondary N) is 1. The van der Waals surface area contributed by atoms with Crippen LogP contribution in [-0.4, -0.2) is 16.1 Å². The van der Waals surface area contributed by atoms with Gasteiger partial charge in [0.25, 0.3) is 0 Å². The van der Waals surface area contributed by atoms with Gasteiger partial charge in [-0.2, -0.15) is 0 Å². The lowest BCUT2D eigenvalue weighted by Gasteiger charge is -2.06. The van der Waals surface area contributed by atoms with Crippen molar-refractivity contribution in [1.29, 1.82) is 0 Å². The van der Waals surface area contributed by atoms with Crippen molar-refractivity contribution >= 4 is 28.1 Å². The molecule has 0 radical (unpaired) electrons. The Balaban J connectivity index is 2.23. The second-order valence-corrected chi connectivity index (χ2v) is 5.54. The molecule has 0 atom stereocenters. The summed E-state index contributed by atoms with van der Waals surface area (Å²) in [5.74, 6) is -0.901. The standard InChI is InChI=1S/C14H16N2O2S/c1-4-12-9(3)19-14(16-12)15-10-5-6-11(13(17)18)8(2)7-10/h5-7H,4H2,1-3H3,(H,15,16)(H,17,18). The molecule has 1 heterocycles. The summed E-state index contributed by atoms with van der Waals surface area (Å²) in [6.07, 6.45) is 0.918. The molecule has 0 saturated carbocycles. The quantitative estimate of drug-likeness (QED) is 0.892. The lowest BCUT2D eigenvalue weighted by molar-refractivity contribution is 0.0696. The van der Waals surface area contributed by atoms with E-state index in [1.807, 2.05) is 6.07 Å². The fourth-order valence-corrected chi connectivity index (χ4v) is 2.84. The zero-order valence-electron chi connectivity index (χ0n) is 11.2. The van der Waals surface area contributed by atoms with Crippen LogP contribution in [0, 0.1) is 13.8 Å². The van der Waals surface area contributed by atoms with E-state index in [0.717, 1.165) is 28.5 Å². The minimum absolute atomic E-state index is 0.329. The van der Waals surface area contributed by atoms with Crippen molar-refractivity contribution in [3.05, 3.63) is 39.9 Å². The van der Waals surface area contributed by atoms with E-state index < -0.39 is 5.97 Å². The highest BCUT2D eigenvalue weighted by molar-refractivity contribution is 7.15. The summed E-state index contributed by atoms with van der Waals surface area (Å²) in [4.78, 5) is 16.7. The van der Waals surface area contributed by atoms with Gasteiger partial charge < -0.3 is 10.4 Å². The van der Waals surface area contributed by atoms with Crippen molar-refractivity contribution < 1.29 is 9.90 Å². The lowest BCUT2D eigenvalue weighted by atomic mass is 10.1. The number of nitrogens with zero attached hydrogens (tertiary/aromatic N) is 1. The van der Waals surface area contributed by atoms with E-state index in [1.165, 1.54) is 4.88 Å². The largest absolute Gasteiger partial charge is 0.478 e. The van der Waals surface area contributed by atoms with Crippen molar-refractivity contribution in [1.82, 2.24) is 4.98 Å². The number of aryl methyl sites for hydroxylation is 3. The summed E-state index contributed by atoms with van der Waals surface area (Å²) >= 11 is 1.61. The third-order valence-electron chi connectivity index (χ3n) is 2.94. The second-order valence-electron chi connectivity index (χ2n) is 4.34. The normalized spacial score (nSPS) is 10.5. The predicted octanol–water partition coefficient (Wildman–Crippen LogP) is 3.76. The van der Waals surface area contributed by atoms with E-state index in [9.17, 15) is 4.79 Å². The third-order valence-corrected chi connectivity index (χ3v) is 3.86. The number of benzene rings is 1. The summed E-state index contributed by atoms with van der Waals surface area (Å²) in [5, 5.41) is 13.1.